The van der Waals surface area contributed by atoms with Crippen LogP contribution in [0, 0.1) is 5.82 Å². The van der Waals surface area contributed by atoms with Crippen LogP contribution < -0.4 is 10.6 Å². The number of anilines is 2. The molecule has 3 nitrogen and oxygen atoms in total. The molecule has 0 fully saturated rings. The molecule has 2 rings (SSSR count). The first-order chi connectivity index (χ1) is 9.15. The van der Waals surface area contributed by atoms with E-state index in [1.54, 1.807) is 49.4 Å². The Labute approximate surface area is 111 Å². The summed E-state index contributed by atoms with van der Waals surface area (Å²) < 4.78 is 13.8. The fourth-order valence-corrected chi connectivity index (χ4v) is 1.93. The van der Waals surface area contributed by atoms with Crippen molar-refractivity contribution in [3.8, 4) is 0 Å². The molecule has 2 N–H and O–H groups in total. The predicted molar refractivity (Wildman–Crippen MR) is 74.6 cm³/mol. The molecule has 0 aliphatic carbocycles. The quantitative estimate of drug-likeness (QED) is 0.860. The standard InChI is InChI=1S/C15H15FN2O/c1-2-18(14-10-6-4-8-12(14)16)15(19)11-7-3-5-9-13(11)17/h3-10H,2,17H2,1H3. The minimum Gasteiger partial charge on any atom is -0.398 e. The highest BCUT2D eigenvalue weighted by Crippen LogP contribution is 2.22. The molecule has 0 radical (unpaired) electrons. The van der Waals surface area contributed by atoms with Gasteiger partial charge in [0.15, 0.2) is 0 Å². The average molecular weight is 258 g/mol. The van der Waals surface area contributed by atoms with Crippen molar-refractivity contribution >= 4 is 17.3 Å². The number of hydrogen-bond acceptors (Lipinski definition) is 2. The summed E-state index contributed by atoms with van der Waals surface area (Å²) in [5.74, 6) is -0.724. The number of halogens is 1. The van der Waals surface area contributed by atoms with Crippen LogP contribution in [0.5, 0.6) is 0 Å². The van der Waals surface area contributed by atoms with E-state index < -0.39 is 5.82 Å². The van der Waals surface area contributed by atoms with Gasteiger partial charge >= 0.3 is 0 Å². The summed E-state index contributed by atoms with van der Waals surface area (Å²) in [6, 6.07) is 13.0. The second kappa shape index (κ2) is 5.52. The molecule has 1 amide bonds. The minimum absolute atomic E-state index is 0.262. The largest absolute Gasteiger partial charge is 0.398 e. The molecule has 0 aromatic heterocycles. The fraction of sp³-hybridized carbons (Fsp3) is 0.133. The number of benzene rings is 2. The summed E-state index contributed by atoms with van der Waals surface area (Å²) in [5, 5.41) is 0. The molecular formula is C15H15FN2O. The lowest BCUT2D eigenvalue weighted by molar-refractivity contribution is 0.0988. The van der Waals surface area contributed by atoms with Crippen LogP contribution in [-0.2, 0) is 0 Å². The minimum atomic E-state index is -0.424. The molecule has 0 saturated heterocycles. The number of para-hydroxylation sites is 2. The second-order valence-corrected chi connectivity index (χ2v) is 4.09. The Hall–Kier alpha value is -2.36. The zero-order valence-corrected chi connectivity index (χ0v) is 10.6. The summed E-state index contributed by atoms with van der Waals surface area (Å²) in [6.45, 7) is 2.16. The van der Waals surface area contributed by atoms with E-state index in [2.05, 4.69) is 0 Å². The molecule has 0 unspecified atom stereocenters. The van der Waals surface area contributed by atoms with Crippen molar-refractivity contribution in [2.75, 3.05) is 17.2 Å². The van der Waals surface area contributed by atoms with Crippen molar-refractivity contribution in [1.29, 1.82) is 0 Å². The average Bonchev–Trinajstić information content (AvgIpc) is 2.42. The molecule has 0 heterocycles. The predicted octanol–water partition coefficient (Wildman–Crippen LogP) is 3.07. The maximum absolute atomic E-state index is 13.8. The summed E-state index contributed by atoms with van der Waals surface area (Å²) in [7, 11) is 0. The topological polar surface area (TPSA) is 46.3 Å². The zero-order valence-electron chi connectivity index (χ0n) is 10.6. The van der Waals surface area contributed by atoms with E-state index in [0.29, 0.717) is 17.8 Å². The van der Waals surface area contributed by atoms with E-state index in [-0.39, 0.29) is 11.6 Å². The summed E-state index contributed by atoms with van der Waals surface area (Å²) in [5.41, 5.74) is 6.82. The number of nitrogen functional groups attached to an aromatic ring is 1. The summed E-state index contributed by atoms with van der Waals surface area (Å²) in [4.78, 5) is 13.8. The van der Waals surface area contributed by atoms with E-state index in [1.165, 1.54) is 11.0 Å². The van der Waals surface area contributed by atoms with Crippen LogP contribution in [0.1, 0.15) is 17.3 Å². The third kappa shape index (κ3) is 2.57. The Morgan fingerprint density at radius 3 is 2.42 bits per heavy atom. The van der Waals surface area contributed by atoms with Crippen LogP contribution in [0.15, 0.2) is 48.5 Å². The van der Waals surface area contributed by atoms with Crippen molar-refractivity contribution in [1.82, 2.24) is 0 Å². The van der Waals surface area contributed by atoms with Gasteiger partial charge in [-0.3, -0.25) is 4.79 Å². The third-order valence-electron chi connectivity index (χ3n) is 2.90. The molecule has 98 valence electrons. The molecule has 2 aromatic carbocycles. The van der Waals surface area contributed by atoms with Crippen molar-refractivity contribution in [2.45, 2.75) is 6.92 Å². The molecule has 0 bridgehead atoms. The molecule has 0 aliphatic heterocycles. The lowest BCUT2D eigenvalue weighted by Crippen LogP contribution is -2.31. The molecule has 0 atom stereocenters. The SMILES string of the molecule is CCN(C(=O)c1ccccc1N)c1ccccc1F. The fourth-order valence-electron chi connectivity index (χ4n) is 1.93. The molecule has 0 spiro atoms. The van der Waals surface area contributed by atoms with E-state index in [0.717, 1.165) is 0 Å². The van der Waals surface area contributed by atoms with Crippen LogP contribution in [0.4, 0.5) is 15.8 Å². The van der Waals surface area contributed by atoms with Gasteiger partial charge in [0.2, 0.25) is 0 Å². The first-order valence-corrected chi connectivity index (χ1v) is 6.06. The van der Waals surface area contributed by atoms with Gasteiger partial charge in [-0.25, -0.2) is 4.39 Å². The highest BCUT2D eigenvalue weighted by atomic mass is 19.1. The number of hydrogen-bond donors (Lipinski definition) is 1. The molecule has 2 aromatic rings. The van der Waals surface area contributed by atoms with Gasteiger partial charge in [-0.1, -0.05) is 24.3 Å². The van der Waals surface area contributed by atoms with Crippen molar-refractivity contribution < 1.29 is 9.18 Å². The number of nitrogens with two attached hydrogens (primary N) is 1. The Kier molecular flexibility index (Phi) is 3.80. The van der Waals surface area contributed by atoms with Crippen molar-refractivity contribution in [2.24, 2.45) is 0 Å². The normalized spacial score (nSPS) is 10.2. The number of nitrogens with zero attached hydrogens (tertiary/aromatic N) is 1. The Bertz CT molecular complexity index is 598. The number of carbonyl (C=O) groups is 1. The van der Waals surface area contributed by atoms with E-state index in [9.17, 15) is 9.18 Å². The van der Waals surface area contributed by atoms with E-state index >= 15 is 0 Å². The number of carbonyl (C=O) groups excluding carboxylic acids is 1. The van der Waals surface area contributed by atoms with Gasteiger partial charge in [0.1, 0.15) is 5.82 Å². The molecule has 0 aliphatic rings. The lowest BCUT2D eigenvalue weighted by atomic mass is 10.1. The van der Waals surface area contributed by atoms with Gasteiger partial charge in [0.25, 0.3) is 5.91 Å². The zero-order chi connectivity index (χ0) is 13.8. The molecule has 4 heteroatoms. The van der Waals surface area contributed by atoms with Crippen molar-refractivity contribution in [3.63, 3.8) is 0 Å². The first-order valence-electron chi connectivity index (χ1n) is 6.06. The van der Waals surface area contributed by atoms with Crippen LogP contribution >= 0.6 is 0 Å². The maximum Gasteiger partial charge on any atom is 0.260 e. The Morgan fingerprint density at radius 1 is 1.16 bits per heavy atom. The van der Waals surface area contributed by atoms with Gasteiger partial charge in [-0.05, 0) is 31.2 Å². The maximum atomic E-state index is 13.8. The summed E-state index contributed by atoms with van der Waals surface area (Å²) in [6.07, 6.45) is 0. The monoisotopic (exact) mass is 258 g/mol. The van der Waals surface area contributed by atoms with Crippen LogP contribution in [-0.4, -0.2) is 12.5 Å². The number of rotatable bonds is 3. The van der Waals surface area contributed by atoms with Gasteiger partial charge in [-0.15, -0.1) is 0 Å². The number of amides is 1. The van der Waals surface area contributed by atoms with Gasteiger partial charge < -0.3 is 10.6 Å². The molecular weight excluding hydrogens is 243 g/mol. The first kappa shape index (κ1) is 13.1. The third-order valence-corrected chi connectivity index (χ3v) is 2.90. The second-order valence-electron chi connectivity index (χ2n) is 4.09. The summed E-state index contributed by atoms with van der Waals surface area (Å²) >= 11 is 0. The molecule has 19 heavy (non-hydrogen) atoms. The highest BCUT2D eigenvalue weighted by molar-refractivity contribution is 6.09. The van der Waals surface area contributed by atoms with Crippen LogP contribution in [0.2, 0.25) is 0 Å². The molecule has 0 saturated carbocycles. The van der Waals surface area contributed by atoms with E-state index in [4.69, 9.17) is 5.73 Å². The van der Waals surface area contributed by atoms with Gasteiger partial charge in [0, 0.05) is 12.2 Å². The van der Waals surface area contributed by atoms with Crippen LogP contribution in [0.25, 0.3) is 0 Å². The Morgan fingerprint density at radius 2 is 1.79 bits per heavy atom. The Balaban J connectivity index is 2.41. The lowest BCUT2D eigenvalue weighted by Gasteiger charge is -2.22. The smallest absolute Gasteiger partial charge is 0.260 e. The van der Waals surface area contributed by atoms with Crippen LogP contribution in [0.3, 0.4) is 0 Å². The highest BCUT2D eigenvalue weighted by Gasteiger charge is 2.20. The van der Waals surface area contributed by atoms with Crippen molar-refractivity contribution in [3.05, 3.63) is 59.9 Å². The van der Waals surface area contributed by atoms with Gasteiger partial charge in [0.05, 0.1) is 11.3 Å². The van der Waals surface area contributed by atoms with Gasteiger partial charge in [-0.2, -0.15) is 0 Å². The van der Waals surface area contributed by atoms with E-state index in [1.807, 2.05) is 0 Å².